The third-order valence-corrected chi connectivity index (χ3v) is 2.57. The number of nitrogens with two attached hydrogens (primary N) is 1. The molecule has 0 saturated carbocycles. The summed E-state index contributed by atoms with van der Waals surface area (Å²) in [4.78, 5) is 10.6. The molecule has 0 amide bonds. The Kier molecular flexibility index (Phi) is 3.55. The molecular formula is C13H16N4. The lowest BCUT2D eigenvalue weighted by Crippen LogP contribution is -2.23. The Bertz CT molecular complexity index is 453. The molecule has 2 rings (SSSR count). The van der Waals surface area contributed by atoms with Gasteiger partial charge in [0.25, 0.3) is 0 Å². The zero-order valence-corrected chi connectivity index (χ0v) is 9.87. The van der Waals surface area contributed by atoms with Crippen LogP contribution in [-0.4, -0.2) is 16.5 Å². The monoisotopic (exact) mass is 228 g/mol. The van der Waals surface area contributed by atoms with E-state index in [-0.39, 0.29) is 0 Å². The average molecular weight is 228 g/mol. The van der Waals surface area contributed by atoms with Gasteiger partial charge in [-0.3, -0.25) is 0 Å². The van der Waals surface area contributed by atoms with Crippen LogP contribution < -0.4 is 10.6 Å². The van der Waals surface area contributed by atoms with Gasteiger partial charge in [0.1, 0.15) is 0 Å². The van der Waals surface area contributed by atoms with Crippen molar-refractivity contribution in [2.45, 2.75) is 13.5 Å². The minimum absolute atomic E-state index is 0.756. The van der Waals surface area contributed by atoms with Gasteiger partial charge >= 0.3 is 0 Å². The Balaban J connectivity index is 2.13. The van der Waals surface area contributed by atoms with Crippen molar-refractivity contribution in [3.63, 3.8) is 0 Å². The summed E-state index contributed by atoms with van der Waals surface area (Å²) >= 11 is 0. The smallest absolute Gasteiger partial charge is 0.225 e. The molecule has 0 unspecified atom stereocenters. The summed E-state index contributed by atoms with van der Waals surface area (Å²) in [5.74, 6) is 0.756. The van der Waals surface area contributed by atoms with Gasteiger partial charge in [-0.25, -0.2) is 9.97 Å². The van der Waals surface area contributed by atoms with E-state index in [1.54, 1.807) is 12.4 Å². The second kappa shape index (κ2) is 5.30. The van der Waals surface area contributed by atoms with Gasteiger partial charge in [-0.2, -0.15) is 0 Å². The fourth-order valence-electron chi connectivity index (χ4n) is 1.62. The number of hydrogen-bond donors (Lipinski definition) is 1. The number of aromatic nitrogens is 2. The molecular weight excluding hydrogens is 212 g/mol. The molecule has 1 heterocycles. The van der Waals surface area contributed by atoms with Crippen LogP contribution in [-0.2, 0) is 6.54 Å². The molecule has 4 heteroatoms. The zero-order chi connectivity index (χ0) is 12.1. The van der Waals surface area contributed by atoms with Crippen LogP contribution >= 0.6 is 0 Å². The van der Waals surface area contributed by atoms with Crippen LogP contribution in [0.1, 0.15) is 12.5 Å². The third kappa shape index (κ3) is 2.93. The Labute approximate surface area is 101 Å². The summed E-state index contributed by atoms with van der Waals surface area (Å²) < 4.78 is 0. The second-order valence-corrected chi connectivity index (χ2v) is 3.80. The average Bonchev–Trinajstić information content (AvgIpc) is 2.39. The van der Waals surface area contributed by atoms with Crippen molar-refractivity contribution in [1.29, 1.82) is 0 Å². The fraction of sp³-hybridized carbons (Fsp3) is 0.231. The van der Waals surface area contributed by atoms with E-state index < -0.39 is 0 Å². The number of hydrogen-bond acceptors (Lipinski definition) is 4. The molecule has 0 spiro atoms. The van der Waals surface area contributed by atoms with Gasteiger partial charge in [-0.05, 0) is 30.7 Å². The van der Waals surface area contributed by atoms with Crippen LogP contribution in [0, 0.1) is 0 Å². The molecule has 17 heavy (non-hydrogen) atoms. The number of rotatable bonds is 4. The van der Waals surface area contributed by atoms with Gasteiger partial charge in [-0.1, -0.05) is 12.1 Å². The van der Waals surface area contributed by atoms with Crippen LogP contribution in [0.4, 0.5) is 11.6 Å². The second-order valence-electron chi connectivity index (χ2n) is 3.80. The topological polar surface area (TPSA) is 55.0 Å². The molecule has 0 fully saturated rings. The van der Waals surface area contributed by atoms with Crippen molar-refractivity contribution in [2.24, 2.45) is 0 Å². The van der Waals surface area contributed by atoms with Crippen molar-refractivity contribution >= 4 is 11.6 Å². The SMILES string of the molecule is CCN(Cc1ccc(N)cc1)c1ncccn1. The maximum absolute atomic E-state index is 5.66. The van der Waals surface area contributed by atoms with Gasteiger partial charge in [0, 0.05) is 31.2 Å². The molecule has 0 aliphatic carbocycles. The Morgan fingerprint density at radius 2 is 1.76 bits per heavy atom. The van der Waals surface area contributed by atoms with E-state index in [4.69, 9.17) is 5.73 Å². The fourth-order valence-corrected chi connectivity index (χ4v) is 1.62. The number of benzene rings is 1. The summed E-state index contributed by atoms with van der Waals surface area (Å²) in [6, 6.07) is 9.70. The highest BCUT2D eigenvalue weighted by Gasteiger charge is 2.06. The van der Waals surface area contributed by atoms with Gasteiger partial charge < -0.3 is 10.6 Å². The van der Waals surface area contributed by atoms with Crippen molar-refractivity contribution in [2.75, 3.05) is 17.2 Å². The molecule has 0 atom stereocenters. The molecule has 0 aliphatic heterocycles. The van der Waals surface area contributed by atoms with Crippen molar-refractivity contribution in [1.82, 2.24) is 9.97 Å². The molecule has 0 bridgehead atoms. The standard InChI is InChI=1S/C13H16N4/c1-2-17(13-15-8-3-9-16-13)10-11-4-6-12(14)7-5-11/h3-9H,2,10,14H2,1H3. The van der Waals surface area contributed by atoms with E-state index in [1.807, 2.05) is 30.3 Å². The van der Waals surface area contributed by atoms with Crippen LogP contribution in [0.15, 0.2) is 42.7 Å². The molecule has 2 N–H and O–H groups in total. The van der Waals surface area contributed by atoms with Gasteiger partial charge in [0.15, 0.2) is 0 Å². The van der Waals surface area contributed by atoms with Crippen LogP contribution in [0.3, 0.4) is 0 Å². The predicted octanol–water partition coefficient (Wildman–Crippen LogP) is 2.09. The van der Waals surface area contributed by atoms with Crippen LogP contribution in [0.25, 0.3) is 0 Å². The lowest BCUT2D eigenvalue weighted by molar-refractivity contribution is 0.791. The van der Waals surface area contributed by atoms with E-state index in [2.05, 4.69) is 21.8 Å². The minimum atomic E-state index is 0.756. The molecule has 0 radical (unpaired) electrons. The molecule has 88 valence electrons. The number of nitrogen functional groups attached to an aromatic ring is 1. The summed E-state index contributed by atoms with van der Waals surface area (Å²) in [7, 11) is 0. The molecule has 4 nitrogen and oxygen atoms in total. The van der Waals surface area contributed by atoms with Gasteiger partial charge in [-0.15, -0.1) is 0 Å². The molecule has 1 aromatic carbocycles. The van der Waals surface area contributed by atoms with Gasteiger partial charge in [0.05, 0.1) is 0 Å². The molecule has 1 aromatic heterocycles. The molecule has 0 aliphatic rings. The van der Waals surface area contributed by atoms with Crippen molar-refractivity contribution < 1.29 is 0 Å². The lowest BCUT2D eigenvalue weighted by atomic mass is 10.2. The summed E-state index contributed by atoms with van der Waals surface area (Å²) in [6.07, 6.45) is 3.52. The number of anilines is 2. The Hall–Kier alpha value is -2.10. The molecule has 0 saturated heterocycles. The normalized spacial score (nSPS) is 10.2. The highest BCUT2D eigenvalue weighted by molar-refractivity contribution is 5.40. The minimum Gasteiger partial charge on any atom is -0.399 e. The van der Waals surface area contributed by atoms with Crippen molar-refractivity contribution in [3.05, 3.63) is 48.3 Å². The first-order valence-electron chi connectivity index (χ1n) is 5.66. The van der Waals surface area contributed by atoms with E-state index in [0.29, 0.717) is 0 Å². The van der Waals surface area contributed by atoms with Gasteiger partial charge in [0.2, 0.25) is 5.95 Å². The van der Waals surface area contributed by atoms with E-state index >= 15 is 0 Å². The lowest BCUT2D eigenvalue weighted by Gasteiger charge is -2.20. The maximum Gasteiger partial charge on any atom is 0.225 e. The first-order chi connectivity index (χ1) is 8.29. The number of nitrogens with zero attached hydrogens (tertiary/aromatic N) is 3. The highest BCUT2D eigenvalue weighted by atomic mass is 15.2. The first kappa shape index (κ1) is 11.4. The summed E-state index contributed by atoms with van der Waals surface area (Å²) in [5, 5.41) is 0. The van der Waals surface area contributed by atoms with E-state index in [1.165, 1.54) is 5.56 Å². The largest absolute Gasteiger partial charge is 0.399 e. The summed E-state index contributed by atoms with van der Waals surface area (Å²) in [5.41, 5.74) is 7.65. The maximum atomic E-state index is 5.66. The zero-order valence-electron chi connectivity index (χ0n) is 9.87. The van der Waals surface area contributed by atoms with Crippen LogP contribution in [0.5, 0.6) is 0 Å². The summed E-state index contributed by atoms with van der Waals surface area (Å²) in [6.45, 7) is 3.75. The Morgan fingerprint density at radius 3 is 2.35 bits per heavy atom. The quantitative estimate of drug-likeness (QED) is 0.814. The predicted molar refractivity (Wildman–Crippen MR) is 69.6 cm³/mol. The van der Waals surface area contributed by atoms with E-state index in [0.717, 1.165) is 24.7 Å². The third-order valence-electron chi connectivity index (χ3n) is 2.57. The van der Waals surface area contributed by atoms with Crippen LogP contribution in [0.2, 0.25) is 0 Å². The molecule has 2 aromatic rings. The first-order valence-corrected chi connectivity index (χ1v) is 5.66. The van der Waals surface area contributed by atoms with E-state index in [9.17, 15) is 0 Å². The highest BCUT2D eigenvalue weighted by Crippen LogP contribution is 2.12. The Morgan fingerprint density at radius 1 is 1.12 bits per heavy atom. The van der Waals surface area contributed by atoms with Crippen molar-refractivity contribution in [3.8, 4) is 0 Å².